The van der Waals surface area contributed by atoms with Crippen LogP contribution in [0, 0.1) is 0 Å². The van der Waals surface area contributed by atoms with Gasteiger partial charge >= 0.3 is 0 Å². The fraction of sp³-hybridized carbons (Fsp3) is 0.273. The van der Waals surface area contributed by atoms with E-state index >= 15 is 0 Å². The van der Waals surface area contributed by atoms with Crippen molar-refractivity contribution in [1.82, 2.24) is 0 Å². The van der Waals surface area contributed by atoms with Crippen LogP contribution in [0.5, 0.6) is 0 Å². The van der Waals surface area contributed by atoms with Gasteiger partial charge in [-0.15, -0.1) is 29.0 Å². The zero-order valence-corrected chi connectivity index (χ0v) is 8.71. The van der Waals surface area contributed by atoms with E-state index in [-0.39, 0.29) is 0 Å². The maximum absolute atomic E-state index is 3.72. The second-order valence-electron chi connectivity index (χ2n) is 2.61. The third-order valence-electron chi connectivity index (χ3n) is 1.60. The lowest BCUT2D eigenvalue weighted by Crippen LogP contribution is -1.83. The van der Waals surface area contributed by atoms with Crippen LogP contribution in [0.1, 0.15) is 19.3 Å². The number of rotatable bonds is 6. The summed E-state index contributed by atoms with van der Waals surface area (Å²) in [6.07, 6.45) is 8.57. The lowest BCUT2D eigenvalue weighted by atomic mass is 10.1. The summed E-state index contributed by atoms with van der Waals surface area (Å²) in [6.45, 7) is 11.1. The minimum absolute atomic E-state index is 0.932. The molecule has 1 atom stereocenters. The summed E-state index contributed by atoms with van der Waals surface area (Å²) < 4.78 is 0. The molecular formula is C11H17P. The number of allylic oxidation sites excluding steroid dienone is 5. The van der Waals surface area contributed by atoms with Gasteiger partial charge in [0.05, 0.1) is 0 Å². The van der Waals surface area contributed by atoms with Gasteiger partial charge in [-0.3, -0.25) is 0 Å². The van der Waals surface area contributed by atoms with E-state index in [1.807, 2.05) is 18.2 Å². The molecule has 0 aliphatic heterocycles. The molecule has 1 heteroatoms. The minimum Gasteiger partial charge on any atom is -0.110 e. The predicted molar refractivity (Wildman–Crippen MR) is 61.2 cm³/mol. The van der Waals surface area contributed by atoms with E-state index in [0.29, 0.717) is 0 Å². The Hall–Kier alpha value is -0.610. The Bertz CT molecular complexity index is 187. The van der Waals surface area contributed by atoms with Gasteiger partial charge < -0.3 is 0 Å². The highest BCUT2D eigenvalue weighted by atomic mass is 31.0. The minimum atomic E-state index is 0.932. The molecule has 0 spiro atoms. The SMILES string of the molecule is C=CCC(P)=C(CC=C)CC=C. The molecular weight excluding hydrogens is 163 g/mol. The zero-order valence-electron chi connectivity index (χ0n) is 7.55. The lowest BCUT2D eigenvalue weighted by Gasteiger charge is -2.05. The first-order chi connectivity index (χ1) is 5.76. The van der Waals surface area contributed by atoms with Crippen LogP contribution >= 0.6 is 9.24 Å². The molecule has 0 aliphatic rings. The summed E-state index contributed by atoms with van der Waals surface area (Å²) in [6, 6.07) is 0. The second kappa shape index (κ2) is 7.06. The van der Waals surface area contributed by atoms with E-state index in [1.54, 1.807) is 0 Å². The summed E-state index contributed by atoms with van der Waals surface area (Å²) in [5.74, 6) is 0. The Kier molecular flexibility index (Phi) is 6.70. The Labute approximate surface area is 78.0 Å². The van der Waals surface area contributed by atoms with Crippen molar-refractivity contribution in [3.8, 4) is 0 Å². The molecule has 1 unspecified atom stereocenters. The van der Waals surface area contributed by atoms with E-state index in [0.717, 1.165) is 19.3 Å². The van der Waals surface area contributed by atoms with E-state index in [2.05, 4.69) is 29.0 Å². The molecule has 0 saturated heterocycles. The van der Waals surface area contributed by atoms with Gasteiger partial charge in [-0.25, -0.2) is 0 Å². The fourth-order valence-electron chi connectivity index (χ4n) is 0.994. The molecule has 0 nitrogen and oxygen atoms in total. The van der Waals surface area contributed by atoms with Crippen molar-refractivity contribution in [2.45, 2.75) is 19.3 Å². The maximum Gasteiger partial charge on any atom is -0.0101 e. The summed E-state index contributed by atoms with van der Waals surface area (Å²) in [5, 5.41) is 1.31. The molecule has 12 heavy (non-hydrogen) atoms. The predicted octanol–water partition coefficient (Wildman–Crippen LogP) is 3.84. The van der Waals surface area contributed by atoms with Gasteiger partial charge in [0, 0.05) is 0 Å². The van der Waals surface area contributed by atoms with E-state index < -0.39 is 0 Å². The first kappa shape index (κ1) is 11.4. The van der Waals surface area contributed by atoms with Gasteiger partial charge in [0.15, 0.2) is 0 Å². The first-order valence-corrected chi connectivity index (χ1v) is 4.63. The zero-order chi connectivity index (χ0) is 9.40. The van der Waals surface area contributed by atoms with Crippen LogP contribution in [0.3, 0.4) is 0 Å². The van der Waals surface area contributed by atoms with Crippen molar-refractivity contribution in [3.63, 3.8) is 0 Å². The van der Waals surface area contributed by atoms with Gasteiger partial charge in [-0.1, -0.05) is 23.8 Å². The van der Waals surface area contributed by atoms with Crippen LogP contribution in [-0.2, 0) is 0 Å². The molecule has 0 heterocycles. The smallest absolute Gasteiger partial charge is 0.0101 e. The third kappa shape index (κ3) is 4.31. The van der Waals surface area contributed by atoms with Crippen LogP contribution in [0.15, 0.2) is 48.9 Å². The van der Waals surface area contributed by atoms with Gasteiger partial charge in [-0.05, 0) is 24.6 Å². The van der Waals surface area contributed by atoms with Crippen LogP contribution in [-0.4, -0.2) is 0 Å². The monoisotopic (exact) mass is 180 g/mol. The molecule has 0 rings (SSSR count). The Morgan fingerprint density at radius 2 is 1.33 bits per heavy atom. The van der Waals surface area contributed by atoms with Crippen molar-refractivity contribution in [1.29, 1.82) is 0 Å². The molecule has 0 aromatic rings. The highest BCUT2D eigenvalue weighted by Crippen LogP contribution is 2.22. The third-order valence-corrected chi connectivity index (χ3v) is 2.24. The van der Waals surface area contributed by atoms with Crippen molar-refractivity contribution in [3.05, 3.63) is 48.9 Å². The Morgan fingerprint density at radius 3 is 1.67 bits per heavy atom. The summed E-state index contributed by atoms with van der Waals surface area (Å²) >= 11 is 0. The van der Waals surface area contributed by atoms with Gasteiger partial charge in [0.1, 0.15) is 0 Å². The fourth-order valence-corrected chi connectivity index (χ4v) is 1.40. The summed E-state index contributed by atoms with van der Waals surface area (Å²) in [5.41, 5.74) is 1.38. The van der Waals surface area contributed by atoms with Gasteiger partial charge in [0.25, 0.3) is 0 Å². The second-order valence-corrected chi connectivity index (χ2v) is 3.30. The van der Waals surface area contributed by atoms with Crippen LogP contribution in [0.25, 0.3) is 0 Å². The standard InChI is InChI=1S/C11H17P/c1-4-7-10(8-5-2)11(12)9-6-3/h4-6H,1-3,7-9,12H2. The van der Waals surface area contributed by atoms with Crippen molar-refractivity contribution < 1.29 is 0 Å². The first-order valence-electron chi connectivity index (χ1n) is 4.05. The van der Waals surface area contributed by atoms with Crippen LogP contribution < -0.4 is 0 Å². The van der Waals surface area contributed by atoms with Gasteiger partial charge in [-0.2, -0.15) is 0 Å². The summed E-state index contributed by atoms with van der Waals surface area (Å²) in [7, 11) is 2.75. The quantitative estimate of drug-likeness (QED) is 0.430. The molecule has 0 aromatic heterocycles. The largest absolute Gasteiger partial charge is 0.110 e. The molecule has 0 N–H and O–H groups in total. The normalized spacial score (nSPS) is 8.75. The molecule has 0 radical (unpaired) electrons. The number of hydrogen-bond donors (Lipinski definition) is 0. The molecule has 0 amide bonds. The lowest BCUT2D eigenvalue weighted by molar-refractivity contribution is 1.08. The van der Waals surface area contributed by atoms with Crippen molar-refractivity contribution in [2.24, 2.45) is 0 Å². The highest BCUT2D eigenvalue weighted by Gasteiger charge is 1.97. The van der Waals surface area contributed by atoms with Crippen LogP contribution in [0.4, 0.5) is 0 Å². The molecule has 0 fully saturated rings. The van der Waals surface area contributed by atoms with Crippen molar-refractivity contribution >= 4 is 9.24 Å². The average molecular weight is 180 g/mol. The van der Waals surface area contributed by atoms with E-state index in [9.17, 15) is 0 Å². The molecule has 0 aliphatic carbocycles. The van der Waals surface area contributed by atoms with Crippen LogP contribution in [0.2, 0.25) is 0 Å². The molecule has 0 bridgehead atoms. The highest BCUT2D eigenvalue weighted by molar-refractivity contribution is 7.22. The topological polar surface area (TPSA) is 0 Å². The number of hydrogen-bond acceptors (Lipinski definition) is 0. The molecule has 0 aromatic carbocycles. The molecule has 66 valence electrons. The van der Waals surface area contributed by atoms with Gasteiger partial charge in [0.2, 0.25) is 0 Å². The van der Waals surface area contributed by atoms with E-state index in [1.165, 1.54) is 10.9 Å². The maximum atomic E-state index is 3.72. The Balaban J connectivity index is 4.39. The summed E-state index contributed by atoms with van der Waals surface area (Å²) in [4.78, 5) is 0. The average Bonchev–Trinajstić information content (AvgIpc) is 2.04. The van der Waals surface area contributed by atoms with E-state index in [4.69, 9.17) is 0 Å². The Morgan fingerprint density at radius 1 is 0.917 bits per heavy atom. The molecule has 0 saturated carbocycles. The van der Waals surface area contributed by atoms with Crippen molar-refractivity contribution in [2.75, 3.05) is 0 Å².